The summed E-state index contributed by atoms with van der Waals surface area (Å²) in [4.78, 5) is 36.5. The van der Waals surface area contributed by atoms with Gasteiger partial charge in [-0.1, -0.05) is 29.8 Å². The molecule has 1 unspecified atom stereocenters. The van der Waals surface area contributed by atoms with Gasteiger partial charge in [0.2, 0.25) is 5.91 Å². The predicted octanol–water partition coefficient (Wildman–Crippen LogP) is 4.34. The van der Waals surface area contributed by atoms with E-state index in [2.05, 4.69) is 17.0 Å². The minimum Gasteiger partial charge on any atom is -0.351 e. The molecule has 1 aromatic rings. The Morgan fingerprint density at radius 1 is 1.14 bits per heavy atom. The lowest BCUT2D eigenvalue weighted by Crippen LogP contribution is -2.50. The van der Waals surface area contributed by atoms with Crippen molar-refractivity contribution in [3.05, 3.63) is 52.7 Å². The van der Waals surface area contributed by atoms with Gasteiger partial charge in [-0.15, -0.1) is 11.8 Å². The highest BCUT2D eigenvalue weighted by Crippen LogP contribution is 2.40. The number of urea groups is 1. The van der Waals surface area contributed by atoms with E-state index in [0.29, 0.717) is 38.5 Å². The number of piperazine rings is 1. The molecule has 3 aliphatic rings. The second-order valence-corrected chi connectivity index (χ2v) is 10.7. The average Bonchev–Trinajstić information content (AvgIpc) is 3.03. The molecule has 0 saturated carbocycles. The Labute approximate surface area is 217 Å². The first kappa shape index (κ1) is 25.8. The van der Waals surface area contributed by atoms with Gasteiger partial charge in [-0.2, -0.15) is 0 Å². The monoisotopic (exact) mass is 515 g/mol. The van der Waals surface area contributed by atoms with Gasteiger partial charge in [0.15, 0.2) is 0 Å². The topological polar surface area (TPSA) is 82.2 Å². The number of aliphatic imine (C=N–C) groups is 1. The largest absolute Gasteiger partial charge is 0.351 e. The number of piperidine rings is 1. The third-order valence-electron chi connectivity index (χ3n) is 7.01. The molecule has 35 heavy (non-hydrogen) atoms. The van der Waals surface area contributed by atoms with Crippen molar-refractivity contribution in [3.63, 3.8) is 0 Å². The summed E-state index contributed by atoms with van der Waals surface area (Å²) in [5.74, 6) is 1.38. The molecule has 3 aliphatic heterocycles. The first-order valence-corrected chi connectivity index (χ1v) is 13.7. The molecular weight excluding hydrogens is 482 g/mol. The number of hydrogen-bond acceptors (Lipinski definition) is 5. The van der Waals surface area contributed by atoms with Gasteiger partial charge in [0, 0.05) is 67.6 Å². The highest BCUT2D eigenvalue weighted by atomic mass is 35.5. The molecule has 2 N–H and O–H groups in total. The minimum absolute atomic E-state index is 0.0363. The van der Waals surface area contributed by atoms with Crippen LogP contribution in [0.4, 0.5) is 4.79 Å². The maximum absolute atomic E-state index is 13.0. The molecule has 1 aromatic carbocycles. The van der Waals surface area contributed by atoms with Crippen LogP contribution in [-0.4, -0.2) is 77.9 Å². The number of thioether (sulfide) groups is 1. The summed E-state index contributed by atoms with van der Waals surface area (Å²) in [5, 5.41) is 0.743. The van der Waals surface area contributed by atoms with Crippen LogP contribution in [0.15, 0.2) is 52.0 Å². The number of rotatable bonds is 5. The average molecular weight is 516 g/mol. The van der Waals surface area contributed by atoms with Crippen molar-refractivity contribution in [2.24, 2.45) is 16.6 Å². The molecule has 2 saturated heterocycles. The summed E-state index contributed by atoms with van der Waals surface area (Å²) in [6.07, 6.45) is 10.2. The number of fused-ring (bicyclic) bond motifs is 1. The molecule has 0 spiro atoms. The maximum Gasteiger partial charge on any atom is 0.314 e. The standard InChI is InChI=1S/C26H34ClN5O2S/c1-2-3-9-29-22-8-16-35-23-18-20(27)4-5-21(23)25(22)31-14-12-30(13-15-31)24(33)17-19-6-10-32(11-7-19)26(28)34/h2-5,8-9,18-19,25H,6-7,10-17H2,1H3,(H2,28,34)/b3-2-,29-9?. The van der Waals surface area contributed by atoms with Crippen LogP contribution in [0.3, 0.4) is 0 Å². The number of primary amides is 1. The molecule has 0 bridgehead atoms. The molecule has 188 valence electrons. The van der Waals surface area contributed by atoms with Gasteiger partial charge in [0.05, 0.1) is 11.7 Å². The summed E-state index contributed by atoms with van der Waals surface area (Å²) in [7, 11) is 0. The SMILES string of the molecule is C/C=C\C=NC1=CCSc2cc(Cl)ccc2C1N1CCN(C(=O)CC2CCN(C(N)=O)CC2)CC1. The van der Waals surface area contributed by atoms with E-state index in [-0.39, 0.29) is 18.0 Å². The Morgan fingerprint density at radius 3 is 2.57 bits per heavy atom. The number of likely N-dealkylation sites (tertiary alicyclic amines) is 1. The number of nitrogens with zero attached hydrogens (tertiary/aromatic N) is 4. The van der Waals surface area contributed by atoms with Crippen LogP contribution < -0.4 is 5.73 Å². The Kier molecular flexibility index (Phi) is 8.92. The molecule has 3 amide bonds. The molecule has 2 fully saturated rings. The van der Waals surface area contributed by atoms with E-state index in [0.717, 1.165) is 42.4 Å². The predicted molar refractivity (Wildman–Crippen MR) is 143 cm³/mol. The number of hydrogen-bond donors (Lipinski definition) is 1. The van der Waals surface area contributed by atoms with Gasteiger partial charge < -0.3 is 15.5 Å². The molecular formula is C26H34ClN5O2S. The van der Waals surface area contributed by atoms with Crippen molar-refractivity contribution in [2.45, 2.75) is 37.1 Å². The molecule has 3 heterocycles. The number of carbonyl (C=O) groups is 2. The zero-order valence-corrected chi connectivity index (χ0v) is 21.8. The van der Waals surface area contributed by atoms with Gasteiger partial charge in [-0.3, -0.25) is 14.7 Å². The van der Waals surface area contributed by atoms with E-state index in [1.165, 1.54) is 10.5 Å². The van der Waals surface area contributed by atoms with E-state index < -0.39 is 0 Å². The van der Waals surface area contributed by atoms with Crippen molar-refractivity contribution in [2.75, 3.05) is 45.0 Å². The van der Waals surface area contributed by atoms with Crippen molar-refractivity contribution in [1.82, 2.24) is 14.7 Å². The number of benzene rings is 1. The molecule has 0 aromatic heterocycles. The first-order chi connectivity index (χ1) is 17.0. The zero-order chi connectivity index (χ0) is 24.8. The number of allylic oxidation sites excluding steroid dienone is 2. The Morgan fingerprint density at radius 2 is 1.89 bits per heavy atom. The van der Waals surface area contributed by atoms with E-state index in [1.54, 1.807) is 16.7 Å². The lowest BCUT2D eigenvalue weighted by Gasteiger charge is -2.40. The summed E-state index contributed by atoms with van der Waals surface area (Å²) >= 11 is 8.09. The quantitative estimate of drug-likeness (QED) is 0.591. The highest BCUT2D eigenvalue weighted by Gasteiger charge is 2.33. The van der Waals surface area contributed by atoms with Crippen LogP contribution in [0.1, 0.15) is 37.8 Å². The zero-order valence-electron chi connectivity index (χ0n) is 20.2. The van der Waals surface area contributed by atoms with Gasteiger partial charge in [0.1, 0.15) is 0 Å². The Bertz CT molecular complexity index is 1010. The number of nitrogens with two attached hydrogens (primary N) is 1. The fourth-order valence-electron chi connectivity index (χ4n) is 5.03. The third kappa shape index (κ3) is 6.48. The number of carbonyl (C=O) groups excluding carboxylic acids is 2. The van der Waals surface area contributed by atoms with Crippen LogP contribution in [-0.2, 0) is 4.79 Å². The molecule has 1 atom stereocenters. The van der Waals surface area contributed by atoms with Gasteiger partial charge in [-0.25, -0.2) is 4.79 Å². The molecule has 7 nitrogen and oxygen atoms in total. The molecule has 9 heteroatoms. The second-order valence-electron chi connectivity index (χ2n) is 9.22. The molecule has 4 rings (SSSR count). The van der Waals surface area contributed by atoms with Crippen molar-refractivity contribution in [3.8, 4) is 0 Å². The highest BCUT2D eigenvalue weighted by molar-refractivity contribution is 7.99. The smallest absolute Gasteiger partial charge is 0.314 e. The number of halogens is 1. The summed E-state index contributed by atoms with van der Waals surface area (Å²) in [6.45, 7) is 6.27. The Hall–Kier alpha value is -2.29. The maximum atomic E-state index is 13.0. The fraction of sp³-hybridized carbons (Fsp3) is 0.500. The summed E-state index contributed by atoms with van der Waals surface area (Å²) in [5.41, 5.74) is 7.64. The Balaban J connectivity index is 1.41. The van der Waals surface area contributed by atoms with Crippen LogP contribution in [0, 0.1) is 5.92 Å². The van der Waals surface area contributed by atoms with Crippen LogP contribution in [0.25, 0.3) is 0 Å². The fourth-order valence-corrected chi connectivity index (χ4v) is 6.26. The molecule has 0 aliphatic carbocycles. The van der Waals surface area contributed by atoms with E-state index in [4.69, 9.17) is 22.3 Å². The summed E-state index contributed by atoms with van der Waals surface area (Å²) in [6, 6.07) is 5.79. The second kappa shape index (κ2) is 12.1. The van der Waals surface area contributed by atoms with Crippen molar-refractivity contribution < 1.29 is 9.59 Å². The van der Waals surface area contributed by atoms with Crippen LogP contribution >= 0.6 is 23.4 Å². The van der Waals surface area contributed by atoms with Gasteiger partial charge >= 0.3 is 6.03 Å². The van der Waals surface area contributed by atoms with Crippen LogP contribution in [0.2, 0.25) is 5.02 Å². The lowest BCUT2D eigenvalue weighted by atomic mass is 9.93. The van der Waals surface area contributed by atoms with Gasteiger partial charge in [-0.05, 0) is 49.5 Å². The van der Waals surface area contributed by atoms with Crippen molar-refractivity contribution >= 4 is 41.5 Å². The van der Waals surface area contributed by atoms with E-state index >= 15 is 0 Å². The summed E-state index contributed by atoms with van der Waals surface area (Å²) < 4.78 is 0. The first-order valence-electron chi connectivity index (χ1n) is 12.3. The van der Waals surface area contributed by atoms with E-state index in [1.807, 2.05) is 42.3 Å². The van der Waals surface area contributed by atoms with Crippen molar-refractivity contribution in [1.29, 1.82) is 0 Å². The van der Waals surface area contributed by atoms with Gasteiger partial charge in [0.25, 0.3) is 0 Å². The van der Waals surface area contributed by atoms with Crippen LogP contribution in [0.5, 0.6) is 0 Å². The third-order valence-corrected chi connectivity index (χ3v) is 8.24. The minimum atomic E-state index is -0.366. The van der Waals surface area contributed by atoms with E-state index in [9.17, 15) is 9.59 Å². The number of amides is 3. The molecule has 0 radical (unpaired) electrons. The lowest BCUT2D eigenvalue weighted by molar-refractivity contribution is -0.134. The normalized spacial score (nSPS) is 22.3.